The van der Waals surface area contributed by atoms with Crippen LogP contribution < -0.4 is 25.4 Å². The molecule has 0 fully saturated rings. The number of hydrogen-bond acceptors (Lipinski definition) is 7. The molecule has 0 spiro atoms. The Labute approximate surface area is 193 Å². The van der Waals surface area contributed by atoms with E-state index in [1.807, 2.05) is 36.4 Å². The summed E-state index contributed by atoms with van der Waals surface area (Å²) in [5.41, 5.74) is 1.33. The highest BCUT2D eigenvalue weighted by Gasteiger charge is 2.34. The van der Waals surface area contributed by atoms with Crippen molar-refractivity contribution in [2.75, 3.05) is 20.0 Å². The monoisotopic (exact) mass is 502 g/mol. The molecule has 0 saturated carbocycles. The molecule has 1 N–H and O–H groups in total. The van der Waals surface area contributed by atoms with E-state index < -0.39 is 6.17 Å². The highest BCUT2D eigenvalue weighted by molar-refractivity contribution is 9.10. The van der Waals surface area contributed by atoms with Gasteiger partial charge in [0.2, 0.25) is 0 Å². The van der Waals surface area contributed by atoms with Crippen molar-refractivity contribution >= 4 is 44.5 Å². The number of nitrogens with zero attached hydrogens (tertiary/aromatic N) is 3. The highest BCUT2D eigenvalue weighted by Crippen LogP contribution is 2.35. The molecule has 7 nitrogen and oxygen atoms in total. The number of hydrogen-bond donors (Lipinski definition) is 1. The van der Waals surface area contributed by atoms with Gasteiger partial charge in [0.1, 0.15) is 5.70 Å². The van der Waals surface area contributed by atoms with Crippen LogP contribution in [0.4, 0.5) is 0 Å². The van der Waals surface area contributed by atoms with Crippen LogP contribution in [0.1, 0.15) is 31.5 Å². The maximum atomic E-state index is 13.2. The number of amidine groups is 1. The molecule has 2 aromatic rings. The molecule has 2 aromatic carbocycles. The van der Waals surface area contributed by atoms with E-state index in [0.29, 0.717) is 22.4 Å². The number of ether oxygens (including phenoxy) is 2. The number of methoxy groups -OCH3 is 2. The maximum Gasteiger partial charge on any atom is 0.276 e. The Hall–Kier alpha value is -2.52. The van der Waals surface area contributed by atoms with Crippen molar-refractivity contribution in [2.24, 2.45) is 10.1 Å². The molecular formula is C22H23BrN4O3S. The van der Waals surface area contributed by atoms with E-state index in [1.165, 1.54) is 0 Å². The lowest BCUT2D eigenvalue weighted by atomic mass is 10.1. The second-order valence-corrected chi connectivity index (χ2v) is 9.03. The predicted octanol–water partition coefficient (Wildman–Crippen LogP) is 3.14. The highest BCUT2D eigenvalue weighted by atomic mass is 79.9. The van der Waals surface area contributed by atoms with Crippen molar-refractivity contribution in [2.45, 2.75) is 25.9 Å². The third-order valence-electron chi connectivity index (χ3n) is 5.01. The summed E-state index contributed by atoms with van der Waals surface area (Å²) in [4.78, 5) is 18.1. The van der Waals surface area contributed by atoms with Gasteiger partial charge in [0.15, 0.2) is 22.8 Å². The first-order valence-electron chi connectivity index (χ1n) is 9.97. The van der Waals surface area contributed by atoms with Crippen LogP contribution in [0.2, 0.25) is 0 Å². The van der Waals surface area contributed by atoms with Gasteiger partial charge in [-0.3, -0.25) is 15.1 Å². The van der Waals surface area contributed by atoms with E-state index in [0.717, 1.165) is 39.2 Å². The van der Waals surface area contributed by atoms with Gasteiger partial charge >= 0.3 is 0 Å². The lowest BCUT2D eigenvalue weighted by molar-refractivity contribution is -0.116. The van der Waals surface area contributed by atoms with E-state index in [-0.39, 0.29) is 5.91 Å². The van der Waals surface area contributed by atoms with E-state index >= 15 is 0 Å². The zero-order valence-corrected chi connectivity index (χ0v) is 19.9. The van der Waals surface area contributed by atoms with Gasteiger partial charge in [-0.05, 0) is 36.8 Å². The van der Waals surface area contributed by atoms with Crippen LogP contribution >= 0.6 is 27.7 Å². The molecule has 1 atom stereocenters. The summed E-state index contributed by atoms with van der Waals surface area (Å²) in [5.74, 6) is 1.93. The van der Waals surface area contributed by atoms with Crippen molar-refractivity contribution in [3.8, 4) is 11.5 Å². The van der Waals surface area contributed by atoms with Crippen molar-refractivity contribution in [3.63, 3.8) is 0 Å². The van der Waals surface area contributed by atoms with Crippen LogP contribution in [0.5, 0.6) is 11.5 Å². The van der Waals surface area contributed by atoms with Crippen LogP contribution in [-0.2, 0) is 4.79 Å². The molecule has 0 saturated heterocycles. The van der Waals surface area contributed by atoms with Crippen LogP contribution in [0, 0.1) is 0 Å². The first kappa shape index (κ1) is 21.7. The summed E-state index contributed by atoms with van der Waals surface area (Å²) in [6.45, 7) is 2.14. The number of benzene rings is 2. The minimum Gasteiger partial charge on any atom is -0.493 e. The number of carbonyl (C=O) groups is 1. The number of halogens is 1. The van der Waals surface area contributed by atoms with Gasteiger partial charge < -0.3 is 9.47 Å². The number of rotatable bonds is 6. The first-order valence-corrected chi connectivity index (χ1v) is 11.7. The van der Waals surface area contributed by atoms with E-state index in [2.05, 4.69) is 28.2 Å². The Kier molecular flexibility index (Phi) is 6.52. The fraction of sp³-hybridized carbons (Fsp3) is 0.318. The minimum absolute atomic E-state index is 0.186. The molecular weight excluding hydrogens is 480 g/mol. The fourth-order valence-electron chi connectivity index (χ4n) is 3.46. The summed E-state index contributed by atoms with van der Waals surface area (Å²) < 4.78 is 11.7. The summed E-state index contributed by atoms with van der Waals surface area (Å²) in [7, 11) is 3.20. The molecule has 2 aliphatic heterocycles. The molecule has 9 heteroatoms. The second kappa shape index (κ2) is 9.32. The predicted molar refractivity (Wildman–Crippen MR) is 125 cm³/mol. The number of nitrogens with one attached hydrogen (secondary N) is 1. The average molecular weight is 503 g/mol. The van der Waals surface area contributed by atoms with E-state index in [1.54, 1.807) is 31.0 Å². The fourth-order valence-corrected chi connectivity index (χ4v) is 4.76. The quantitative estimate of drug-likeness (QED) is 0.614. The normalized spacial score (nSPS) is 17.2. The Bertz CT molecular complexity index is 1170. The van der Waals surface area contributed by atoms with Crippen LogP contribution in [0.15, 0.2) is 51.0 Å². The number of thioether (sulfide) groups is 1. The molecule has 4 rings (SSSR count). The summed E-state index contributed by atoms with van der Waals surface area (Å²) in [6, 6.07) is 11.4. The third-order valence-corrected chi connectivity index (χ3v) is 6.46. The number of hydrazone groups is 1. The first-order chi connectivity index (χ1) is 15.0. The van der Waals surface area contributed by atoms with Gasteiger partial charge in [0.25, 0.3) is 5.91 Å². The molecule has 2 aliphatic rings. The van der Waals surface area contributed by atoms with Gasteiger partial charge in [-0.25, -0.2) is 5.01 Å². The van der Waals surface area contributed by atoms with Gasteiger partial charge in [-0.15, -0.1) is 5.10 Å². The molecule has 0 aliphatic carbocycles. The largest absolute Gasteiger partial charge is 0.493 e. The molecule has 1 amide bonds. The molecule has 0 bridgehead atoms. The maximum absolute atomic E-state index is 13.2. The molecule has 31 heavy (non-hydrogen) atoms. The number of amides is 1. The summed E-state index contributed by atoms with van der Waals surface area (Å²) in [5, 5.41) is 11.5. The number of fused-ring (bicyclic) bond motifs is 2. The topological polar surface area (TPSA) is 75.5 Å². The third kappa shape index (κ3) is 4.29. The zero-order chi connectivity index (χ0) is 22.0. The van der Waals surface area contributed by atoms with Crippen molar-refractivity contribution in [1.29, 1.82) is 0 Å². The van der Waals surface area contributed by atoms with Crippen LogP contribution in [0.3, 0.4) is 0 Å². The summed E-state index contributed by atoms with van der Waals surface area (Å²) in [6.07, 6.45) is 1.63. The van der Waals surface area contributed by atoms with Crippen LogP contribution in [0.25, 0.3) is 5.70 Å². The molecule has 1 unspecified atom stereocenters. The second-order valence-electron chi connectivity index (χ2n) is 7.03. The SMILES string of the molecule is CCCCSC1=NN2C(=c3cc(Br)ccc3=NC2c2ccc(OC)c(OC)c2)C(=O)N1. The zero-order valence-electron chi connectivity index (χ0n) is 17.5. The standard InChI is InChI=1S/C22H23BrN4O3S/c1-4-5-10-31-22-25-21(28)19-15-12-14(23)7-8-16(15)24-20(27(19)26-22)13-6-9-17(29-2)18(11-13)30-3/h6-9,11-12,20H,4-5,10H2,1-3H3,(H,25,26,28). The van der Waals surface area contributed by atoms with Gasteiger partial charge in [0.05, 0.1) is 19.6 Å². The molecule has 162 valence electrons. The smallest absolute Gasteiger partial charge is 0.276 e. The van der Waals surface area contributed by atoms with Crippen LogP contribution in [-0.4, -0.2) is 36.1 Å². The lowest BCUT2D eigenvalue weighted by Crippen LogP contribution is -2.50. The molecule has 0 radical (unpaired) electrons. The van der Waals surface area contributed by atoms with E-state index in [4.69, 9.17) is 19.6 Å². The molecule has 0 aromatic heterocycles. The van der Waals surface area contributed by atoms with Gasteiger partial charge in [-0.1, -0.05) is 47.1 Å². The summed E-state index contributed by atoms with van der Waals surface area (Å²) >= 11 is 5.04. The van der Waals surface area contributed by atoms with Crippen molar-refractivity contribution in [3.05, 3.63) is 57.0 Å². The number of carbonyl (C=O) groups excluding carboxylic acids is 1. The lowest BCUT2D eigenvalue weighted by Gasteiger charge is -2.34. The van der Waals surface area contributed by atoms with Gasteiger partial charge in [-0.2, -0.15) is 0 Å². The Morgan fingerprint density at radius 1 is 1.16 bits per heavy atom. The Morgan fingerprint density at radius 3 is 2.71 bits per heavy atom. The average Bonchev–Trinajstić information content (AvgIpc) is 2.78. The Balaban J connectivity index is 1.86. The number of unbranched alkanes of at least 4 members (excludes halogenated alkanes) is 1. The minimum atomic E-state index is -0.503. The molecule has 2 heterocycles. The van der Waals surface area contributed by atoms with Crippen molar-refractivity contribution < 1.29 is 14.3 Å². The Morgan fingerprint density at radius 2 is 1.97 bits per heavy atom. The van der Waals surface area contributed by atoms with Gasteiger partial charge in [0, 0.05) is 21.0 Å². The van der Waals surface area contributed by atoms with Crippen molar-refractivity contribution in [1.82, 2.24) is 10.3 Å². The van der Waals surface area contributed by atoms with E-state index in [9.17, 15) is 4.79 Å².